The summed E-state index contributed by atoms with van der Waals surface area (Å²) in [5.74, 6) is 0.641. The topological polar surface area (TPSA) is 57.0 Å². The van der Waals surface area contributed by atoms with Gasteiger partial charge in [0.2, 0.25) is 0 Å². The van der Waals surface area contributed by atoms with Gasteiger partial charge in [0, 0.05) is 54.7 Å². The summed E-state index contributed by atoms with van der Waals surface area (Å²) >= 11 is 0. The van der Waals surface area contributed by atoms with Gasteiger partial charge in [-0.05, 0) is 83.9 Å². The molecule has 0 saturated heterocycles. The third kappa shape index (κ3) is 5.03. The molecule has 0 radical (unpaired) electrons. The second-order valence-electron chi connectivity index (χ2n) is 14.6. The van der Waals surface area contributed by atoms with Gasteiger partial charge in [0.1, 0.15) is 11.2 Å². The van der Waals surface area contributed by atoms with Crippen LogP contribution in [0.5, 0.6) is 0 Å². The quantitative estimate of drug-likeness (QED) is 0.177. The summed E-state index contributed by atoms with van der Waals surface area (Å²) in [5, 5.41) is 6.54. The molecule has 0 fully saturated rings. The van der Waals surface area contributed by atoms with Gasteiger partial charge in [-0.15, -0.1) is 0 Å². The van der Waals surface area contributed by atoms with Crippen LogP contribution in [0.2, 0.25) is 0 Å². The monoisotopic (exact) mass is 729 g/mol. The first-order chi connectivity index (χ1) is 28.2. The van der Waals surface area contributed by atoms with Crippen LogP contribution in [0.15, 0.2) is 197 Å². The summed E-state index contributed by atoms with van der Waals surface area (Å²) < 4.78 is 15.7. The van der Waals surface area contributed by atoms with Gasteiger partial charge in [0.15, 0.2) is 17.0 Å². The Labute approximate surface area is 326 Å². The van der Waals surface area contributed by atoms with Crippen LogP contribution in [-0.2, 0) is 0 Å². The summed E-state index contributed by atoms with van der Waals surface area (Å²) in [6.45, 7) is 0. The molecule has 12 aromatic rings. The van der Waals surface area contributed by atoms with Gasteiger partial charge < -0.3 is 13.4 Å². The van der Waals surface area contributed by atoms with Crippen LogP contribution in [0.25, 0.3) is 116 Å². The zero-order valence-electron chi connectivity index (χ0n) is 30.6. The van der Waals surface area contributed by atoms with E-state index in [9.17, 15) is 0 Å². The molecular weight excluding hydrogens is 699 g/mol. The smallest absolute Gasteiger partial charge is 0.178 e. The number of aromatic nitrogens is 3. The lowest BCUT2D eigenvalue weighted by Gasteiger charge is -2.09. The van der Waals surface area contributed by atoms with E-state index in [0.29, 0.717) is 5.82 Å². The highest BCUT2D eigenvalue weighted by atomic mass is 16.4. The van der Waals surface area contributed by atoms with Gasteiger partial charge in [0.05, 0.1) is 22.4 Å². The van der Waals surface area contributed by atoms with Gasteiger partial charge in [-0.3, -0.25) is 0 Å². The average Bonchev–Trinajstić information content (AvgIpc) is 3.96. The SMILES string of the molecule is c1ccc(-c2cc(-c3ccccc3)nc(-c3ccc4c(c3)oc3c4ccc4c5ccc(-c6ccc7c(c6)c6ccccc6n7-c6ccccc6)cc5oc43)n2)cc1. The van der Waals surface area contributed by atoms with Crippen molar-refractivity contribution < 1.29 is 8.83 Å². The first-order valence-corrected chi connectivity index (χ1v) is 19.1. The minimum Gasteiger partial charge on any atom is -0.452 e. The molecule has 0 aliphatic rings. The summed E-state index contributed by atoms with van der Waals surface area (Å²) in [6.07, 6.45) is 0. The molecule has 0 atom stereocenters. The number of furan rings is 2. The number of para-hydroxylation sites is 2. The average molecular weight is 730 g/mol. The number of hydrogen-bond donors (Lipinski definition) is 0. The standard InChI is InChI=1S/C52H31N3O2/c1-4-12-32(13-5-1)44-31-45(33-14-6-2-7-15-33)54-52(53-44)36-21-24-40-42-26-25-41-39-23-20-35(29-48(39)56-50(41)51(42)57-49(40)30-36)34-22-27-47-43(28-34)38-18-10-11-19-46(38)55(47)37-16-8-3-9-17-37/h1-31H. The number of nitrogens with zero attached hydrogens (tertiary/aromatic N) is 3. The molecule has 0 saturated carbocycles. The van der Waals surface area contributed by atoms with Crippen LogP contribution < -0.4 is 0 Å². The highest BCUT2D eigenvalue weighted by Gasteiger charge is 2.19. The summed E-state index contributed by atoms with van der Waals surface area (Å²) in [4.78, 5) is 10.1. The highest BCUT2D eigenvalue weighted by molar-refractivity contribution is 6.19. The van der Waals surface area contributed by atoms with E-state index in [1.165, 1.54) is 21.8 Å². The predicted molar refractivity (Wildman–Crippen MR) is 233 cm³/mol. The second-order valence-corrected chi connectivity index (χ2v) is 14.6. The first-order valence-electron chi connectivity index (χ1n) is 19.1. The normalized spacial score (nSPS) is 11.9. The fraction of sp³-hybridized carbons (Fsp3) is 0. The Bertz CT molecular complexity index is 3450. The van der Waals surface area contributed by atoms with E-state index in [0.717, 1.165) is 88.8 Å². The molecule has 0 N–H and O–H groups in total. The molecule has 5 heteroatoms. The maximum absolute atomic E-state index is 6.70. The van der Waals surface area contributed by atoms with Crippen LogP contribution in [0.4, 0.5) is 0 Å². The second kappa shape index (κ2) is 12.4. The van der Waals surface area contributed by atoms with Crippen molar-refractivity contribution in [1.29, 1.82) is 0 Å². The molecule has 0 unspecified atom stereocenters. The molecule has 5 nitrogen and oxygen atoms in total. The van der Waals surface area contributed by atoms with E-state index in [4.69, 9.17) is 18.8 Å². The molecule has 266 valence electrons. The Morgan fingerprint density at radius 2 is 0.825 bits per heavy atom. The van der Waals surface area contributed by atoms with E-state index < -0.39 is 0 Å². The fourth-order valence-corrected chi connectivity index (χ4v) is 8.48. The third-order valence-electron chi connectivity index (χ3n) is 11.2. The van der Waals surface area contributed by atoms with E-state index in [1.807, 2.05) is 42.5 Å². The number of fused-ring (bicyclic) bond motifs is 10. The van der Waals surface area contributed by atoms with Crippen LogP contribution in [0.3, 0.4) is 0 Å². The van der Waals surface area contributed by atoms with E-state index in [-0.39, 0.29) is 0 Å². The van der Waals surface area contributed by atoms with Crippen molar-refractivity contribution in [2.45, 2.75) is 0 Å². The van der Waals surface area contributed by atoms with Crippen molar-refractivity contribution >= 4 is 65.7 Å². The van der Waals surface area contributed by atoms with E-state index >= 15 is 0 Å². The zero-order chi connectivity index (χ0) is 37.5. The molecule has 0 aliphatic heterocycles. The van der Waals surface area contributed by atoms with Crippen molar-refractivity contribution in [2.75, 3.05) is 0 Å². The largest absolute Gasteiger partial charge is 0.452 e. The van der Waals surface area contributed by atoms with E-state index in [2.05, 4.69) is 150 Å². The molecule has 0 amide bonds. The highest BCUT2D eigenvalue weighted by Crippen LogP contribution is 2.41. The van der Waals surface area contributed by atoms with Gasteiger partial charge in [-0.1, -0.05) is 115 Å². The third-order valence-corrected chi connectivity index (χ3v) is 11.2. The lowest BCUT2D eigenvalue weighted by atomic mass is 10.0. The van der Waals surface area contributed by atoms with Crippen LogP contribution in [-0.4, -0.2) is 14.5 Å². The lowest BCUT2D eigenvalue weighted by molar-refractivity contribution is 0.633. The van der Waals surface area contributed by atoms with Crippen molar-refractivity contribution in [3.8, 4) is 50.7 Å². The summed E-state index contributed by atoms with van der Waals surface area (Å²) in [7, 11) is 0. The summed E-state index contributed by atoms with van der Waals surface area (Å²) in [5.41, 5.74) is 13.5. The van der Waals surface area contributed by atoms with Crippen molar-refractivity contribution in [3.63, 3.8) is 0 Å². The predicted octanol–water partition coefficient (Wildman–Crippen LogP) is 14.0. The number of benzene rings is 8. The molecular formula is C52H31N3O2. The maximum atomic E-state index is 6.70. The van der Waals surface area contributed by atoms with Gasteiger partial charge in [0.25, 0.3) is 0 Å². The Morgan fingerprint density at radius 3 is 1.47 bits per heavy atom. The Morgan fingerprint density at radius 1 is 0.333 bits per heavy atom. The number of rotatable bonds is 5. The van der Waals surface area contributed by atoms with Gasteiger partial charge in [-0.25, -0.2) is 9.97 Å². The molecule has 4 aromatic heterocycles. The van der Waals surface area contributed by atoms with Crippen molar-refractivity contribution in [3.05, 3.63) is 188 Å². The molecule has 0 aliphatic carbocycles. The molecule has 12 rings (SSSR count). The lowest BCUT2D eigenvalue weighted by Crippen LogP contribution is -1.95. The number of hydrogen-bond acceptors (Lipinski definition) is 4. The van der Waals surface area contributed by atoms with Crippen LogP contribution in [0, 0.1) is 0 Å². The minimum atomic E-state index is 0.641. The van der Waals surface area contributed by atoms with Crippen molar-refractivity contribution in [2.24, 2.45) is 0 Å². The molecule has 57 heavy (non-hydrogen) atoms. The van der Waals surface area contributed by atoms with Gasteiger partial charge >= 0.3 is 0 Å². The zero-order valence-corrected chi connectivity index (χ0v) is 30.6. The molecule has 0 bridgehead atoms. The summed E-state index contributed by atoms with van der Waals surface area (Å²) in [6, 6.07) is 65.5. The fourth-order valence-electron chi connectivity index (χ4n) is 8.48. The van der Waals surface area contributed by atoms with Crippen LogP contribution in [0.1, 0.15) is 0 Å². The van der Waals surface area contributed by atoms with Crippen LogP contribution >= 0.6 is 0 Å². The Hall–Kier alpha value is -7.76. The van der Waals surface area contributed by atoms with E-state index in [1.54, 1.807) is 0 Å². The Balaban J connectivity index is 0.966. The maximum Gasteiger partial charge on any atom is 0.178 e. The molecule has 8 aromatic carbocycles. The van der Waals surface area contributed by atoms with Gasteiger partial charge in [-0.2, -0.15) is 0 Å². The Kier molecular flexibility index (Phi) is 6.86. The van der Waals surface area contributed by atoms with Crippen molar-refractivity contribution in [1.82, 2.24) is 14.5 Å². The molecule has 0 spiro atoms. The molecule has 4 heterocycles. The minimum absolute atomic E-state index is 0.641. The first kappa shape index (κ1) is 31.6.